The van der Waals surface area contributed by atoms with Crippen molar-refractivity contribution < 1.29 is 9.53 Å². The molecule has 0 fully saturated rings. The number of carbonyl (C=O) groups excluding carboxylic acids is 1. The maximum atomic E-state index is 11.5. The molecule has 0 N–H and O–H groups in total. The third-order valence-corrected chi connectivity index (χ3v) is 2.49. The van der Waals surface area contributed by atoms with Crippen LogP contribution in [0.3, 0.4) is 0 Å². The minimum atomic E-state index is -0.418. The lowest BCUT2D eigenvalue weighted by atomic mass is 10.1. The Kier molecular flexibility index (Phi) is 3.91. The van der Waals surface area contributed by atoms with Crippen molar-refractivity contribution in [3.05, 3.63) is 34.3 Å². The first-order valence-electron chi connectivity index (χ1n) is 4.84. The van der Waals surface area contributed by atoms with Crippen LogP contribution in [0.25, 0.3) is 0 Å². The summed E-state index contributed by atoms with van der Waals surface area (Å²) in [6, 6.07) is 7.65. The van der Waals surface area contributed by atoms with Crippen LogP contribution < -0.4 is 0 Å². The monoisotopic (exact) mass is 270 g/mol. The molecule has 2 nitrogen and oxygen atoms in total. The van der Waals surface area contributed by atoms with Gasteiger partial charge in [-0.2, -0.15) is 0 Å². The largest absolute Gasteiger partial charge is 0.460 e. The Morgan fingerprint density at radius 3 is 2.47 bits per heavy atom. The van der Waals surface area contributed by atoms with Crippen LogP contribution in [0.5, 0.6) is 0 Å². The summed E-state index contributed by atoms with van der Waals surface area (Å²) < 4.78 is 6.18. The third-order valence-electron chi connectivity index (χ3n) is 1.71. The molecule has 0 aliphatic rings. The molecule has 0 aliphatic carbocycles. The Bertz CT molecular complexity index is 353. The van der Waals surface area contributed by atoms with Gasteiger partial charge in [-0.05, 0) is 32.4 Å². The summed E-state index contributed by atoms with van der Waals surface area (Å²) in [5.74, 6) is -0.200. The lowest BCUT2D eigenvalue weighted by Gasteiger charge is -2.19. The molecule has 0 aromatic heterocycles. The predicted molar refractivity (Wildman–Crippen MR) is 63.7 cm³/mol. The summed E-state index contributed by atoms with van der Waals surface area (Å²) in [4.78, 5) is 11.5. The number of hydrogen-bond acceptors (Lipinski definition) is 2. The molecule has 0 saturated heterocycles. The zero-order chi connectivity index (χ0) is 11.5. The van der Waals surface area contributed by atoms with Crippen molar-refractivity contribution in [3.63, 3.8) is 0 Å². The average Bonchev–Trinajstić information content (AvgIpc) is 2.05. The van der Waals surface area contributed by atoms with E-state index in [0.29, 0.717) is 6.42 Å². The van der Waals surface area contributed by atoms with Crippen LogP contribution in [-0.4, -0.2) is 11.6 Å². The highest BCUT2D eigenvalue weighted by Crippen LogP contribution is 2.18. The van der Waals surface area contributed by atoms with Gasteiger partial charge < -0.3 is 4.74 Å². The van der Waals surface area contributed by atoms with E-state index < -0.39 is 5.60 Å². The van der Waals surface area contributed by atoms with Crippen molar-refractivity contribution in [1.29, 1.82) is 0 Å². The number of esters is 1. The van der Waals surface area contributed by atoms with Gasteiger partial charge >= 0.3 is 5.97 Å². The fraction of sp³-hybridized carbons (Fsp3) is 0.417. The lowest BCUT2D eigenvalue weighted by molar-refractivity contribution is -0.153. The molecule has 82 valence electrons. The van der Waals surface area contributed by atoms with Crippen LogP contribution in [0.15, 0.2) is 28.7 Å². The third kappa shape index (κ3) is 4.47. The maximum Gasteiger partial charge on any atom is 0.310 e. The molecule has 3 heteroatoms. The maximum absolute atomic E-state index is 11.5. The van der Waals surface area contributed by atoms with E-state index >= 15 is 0 Å². The van der Waals surface area contributed by atoms with Crippen LogP contribution in [0.4, 0.5) is 0 Å². The Labute approximate surface area is 98.8 Å². The molecule has 0 bridgehead atoms. The number of rotatable bonds is 2. The molecule has 0 atom stereocenters. The molecule has 0 saturated carbocycles. The SMILES string of the molecule is CC(C)(C)OC(=O)Cc1ccccc1Br. The van der Waals surface area contributed by atoms with Crippen molar-refractivity contribution in [2.24, 2.45) is 0 Å². The van der Waals surface area contributed by atoms with E-state index in [1.165, 1.54) is 0 Å². The first-order chi connectivity index (χ1) is 6.88. The summed E-state index contributed by atoms with van der Waals surface area (Å²) in [7, 11) is 0. The van der Waals surface area contributed by atoms with Crippen LogP contribution in [-0.2, 0) is 16.0 Å². The second-order valence-corrected chi connectivity index (χ2v) is 5.21. The Morgan fingerprint density at radius 2 is 1.93 bits per heavy atom. The molecule has 0 unspecified atom stereocenters. The van der Waals surface area contributed by atoms with Gasteiger partial charge in [-0.1, -0.05) is 34.1 Å². The smallest absolute Gasteiger partial charge is 0.310 e. The van der Waals surface area contributed by atoms with E-state index in [-0.39, 0.29) is 5.97 Å². The first-order valence-corrected chi connectivity index (χ1v) is 5.63. The summed E-state index contributed by atoms with van der Waals surface area (Å²) in [5.41, 5.74) is 0.532. The Balaban J connectivity index is 2.64. The van der Waals surface area contributed by atoms with Gasteiger partial charge in [0.2, 0.25) is 0 Å². The number of carbonyl (C=O) groups is 1. The highest BCUT2D eigenvalue weighted by molar-refractivity contribution is 9.10. The Hall–Kier alpha value is -0.830. The van der Waals surface area contributed by atoms with Crippen molar-refractivity contribution in [3.8, 4) is 0 Å². The summed E-state index contributed by atoms with van der Waals surface area (Å²) in [6.45, 7) is 5.60. The van der Waals surface area contributed by atoms with Crippen molar-refractivity contribution in [2.45, 2.75) is 32.8 Å². The van der Waals surface area contributed by atoms with E-state index in [0.717, 1.165) is 10.0 Å². The van der Waals surface area contributed by atoms with Gasteiger partial charge in [-0.15, -0.1) is 0 Å². The molecule has 1 aromatic carbocycles. The quantitative estimate of drug-likeness (QED) is 0.771. The average molecular weight is 271 g/mol. The van der Waals surface area contributed by atoms with E-state index in [1.807, 2.05) is 45.0 Å². The molecule has 1 aromatic rings. The molecular formula is C12H15BrO2. The zero-order valence-electron chi connectivity index (χ0n) is 9.21. The molecule has 0 radical (unpaired) electrons. The molecule has 1 rings (SSSR count). The fourth-order valence-corrected chi connectivity index (χ4v) is 1.60. The first kappa shape index (κ1) is 12.2. The number of benzene rings is 1. The summed E-state index contributed by atoms with van der Waals surface area (Å²) >= 11 is 3.40. The number of ether oxygens (including phenoxy) is 1. The van der Waals surface area contributed by atoms with Crippen molar-refractivity contribution >= 4 is 21.9 Å². The highest BCUT2D eigenvalue weighted by atomic mass is 79.9. The zero-order valence-corrected chi connectivity index (χ0v) is 10.8. The van der Waals surface area contributed by atoms with Gasteiger partial charge in [0, 0.05) is 4.47 Å². The van der Waals surface area contributed by atoms with Gasteiger partial charge in [-0.3, -0.25) is 4.79 Å². The van der Waals surface area contributed by atoms with E-state index in [1.54, 1.807) is 0 Å². The normalized spacial score (nSPS) is 11.2. The van der Waals surface area contributed by atoms with Gasteiger partial charge in [0.15, 0.2) is 0 Å². The second kappa shape index (κ2) is 4.79. The van der Waals surface area contributed by atoms with Crippen LogP contribution >= 0.6 is 15.9 Å². The standard InChI is InChI=1S/C12H15BrO2/c1-12(2,3)15-11(14)8-9-6-4-5-7-10(9)13/h4-7H,8H2,1-3H3. The molecule has 0 amide bonds. The topological polar surface area (TPSA) is 26.3 Å². The van der Waals surface area contributed by atoms with E-state index in [9.17, 15) is 4.79 Å². The fourth-order valence-electron chi connectivity index (χ4n) is 1.17. The van der Waals surface area contributed by atoms with Gasteiger partial charge in [0.25, 0.3) is 0 Å². The lowest BCUT2D eigenvalue weighted by Crippen LogP contribution is -2.24. The molecular weight excluding hydrogens is 256 g/mol. The minimum absolute atomic E-state index is 0.200. The van der Waals surface area contributed by atoms with Crippen molar-refractivity contribution in [2.75, 3.05) is 0 Å². The predicted octanol–water partition coefficient (Wildman–Crippen LogP) is 3.33. The van der Waals surface area contributed by atoms with E-state index in [2.05, 4.69) is 15.9 Å². The van der Waals surface area contributed by atoms with Gasteiger partial charge in [0.05, 0.1) is 6.42 Å². The van der Waals surface area contributed by atoms with Crippen molar-refractivity contribution in [1.82, 2.24) is 0 Å². The van der Waals surface area contributed by atoms with Crippen LogP contribution in [0, 0.1) is 0 Å². The molecule has 15 heavy (non-hydrogen) atoms. The second-order valence-electron chi connectivity index (χ2n) is 4.35. The summed E-state index contributed by atoms with van der Waals surface area (Å²) in [5, 5.41) is 0. The molecule has 0 spiro atoms. The minimum Gasteiger partial charge on any atom is -0.460 e. The summed E-state index contributed by atoms with van der Waals surface area (Å²) in [6.07, 6.45) is 0.304. The number of halogens is 1. The number of hydrogen-bond donors (Lipinski definition) is 0. The van der Waals surface area contributed by atoms with Crippen LogP contribution in [0.1, 0.15) is 26.3 Å². The van der Waals surface area contributed by atoms with Gasteiger partial charge in [0.1, 0.15) is 5.60 Å². The van der Waals surface area contributed by atoms with E-state index in [4.69, 9.17) is 4.74 Å². The molecule has 0 heterocycles. The van der Waals surface area contributed by atoms with Crippen LogP contribution in [0.2, 0.25) is 0 Å². The van der Waals surface area contributed by atoms with Gasteiger partial charge in [-0.25, -0.2) is 0 Å². The molecule has 0 aliphatic heterocycles. The highest BCUT2D eigenvalue weighted by Gasteiger charge is 2.16. The Morgan fingerprint density at radius 1 is 1.33 bits per heavy atom.